The second kappa shape index (κ2) is 5.26. The molecule has 9 heteroatoms. The van der Waals surface area contributed by atoms with Gasteiger partial charge < -0.3 is 10.4 Å². The summed E-state index contributed by atoms with van der Waals surface area (Å²) in [5.41, 5.74) is 0.739. The van der Waals surface area contributed by atoms with E-state index in [0.717, 1.165) is 0 Å². The number of anilines is 2. The van der Waals surface area contributed by atoms with Gasteiger partial charge in [0.25, 0.3) is 5.95 Å². The Bertz CT molecular complexity index is 602. The van der Waals surface area contributed by atoms with Crippen molar-refractivity contribution in [3.05, 3.63) is 18.5 Å². The number of nitrogens with zero attached hydrogens (tertiary/aromatic N) is 5. The second-order valence-corrected chi connectivity index (χ2v) is 5.69. The van der Waals surface area contributed by atoms with Crippen LogP contribution in [0.5, 0.6) is 0 Å². The molecule has 114 valence electrons. The number of aliphatic hydroxyl groups is 1. The molecule has 0 bridgehead atoms. The normalized spacial score (nSPS) is 12.3. The van der Waals surface area contributed by atoms with Gasteiger partial charge in [0.15, 0.2) is 0 Å². The van der Waals surface area contributed by atoms with Crippen molar-refractivity contribution in [2.24, 2.45) is 5.84 Å². The van der Waals surface area contributed by atoms with E-state index in [2.05, 4.69) is 30.8 Å². The molecule has 0 saturated carbocycles. The molecular formula is C12H20N8O. The third kappa shape index (κ3) is 3.26. The molecule has 0 aliphatic carbocycles. The van der Waals surface area contributed by atoms with E-state index in [4.69, 9.17) is 5.84 Å². The van der Waals surface area contributed by atoms with Crippen molar-refractivity contribution in [2.75, 3.05) is 10.7 Å². The van der Waals surface area contributed by atoms with Gasteiger partial charge in [0.1, 0.15) is 0 Å². The molecule has 0 fully saturated rings. The number of nitrogens with one attached hydrogen (secondary N) is 2. The Morgan fingerprint density at radius 2 is 1.81 bits per heavy atom. The topological polar surface area (TPSA) is 127 Å². The zero-order valence-corrected chi connectivity index (χ0v) is 12.5. The lowest BCUT2D eigenvalue weighted by Gasteiger charge is -2.37. The number of hydrogen-bond acceptors (Lipinski definition) is 8. The van der Waals surface area contributed by atoms with E-state index in [1.807, 2.05) is 13.8 Å². The highest BCUT2D eigenvalue weighted by Crippen LogP contribution is 2.24. The molecule has 9 nitrogen and oxygen atoms in total. The van der Waals surface area contributed by atoms with E-state index >= 15 is 0 Å². The first kappa shape index (κ1) is 15.1. The van der Waals surface area contributed by atoms with Crippen molar-refractivity contribution in [1.29, 1.82) is 0 Å². The molecule has 0 spiro atoms. The van der Waals surface area contributed by atoms with E-state index in [0.29, 0.717) is 5.95 Å². The lowest BCUT2D eigenvalue weighted by Crippen LogP contribution is -2.51. The molecule has 2 aromatic heterocycles. The highest BCUT2D eigenvalue weighted by atomic mass is 16.3. The fourth-order valence-electron chi connectivity index (χ4n) is 1.41. The Kier molecular flexibility index (Phi) is 3.79. The van der Waals surface area contributed by atoms with E-state index in [9.17, 15) is 5.11 Å². The molecule has 5 N–H and O–H groups in total. The molecule has 0 atom stereocenters. The first-order chi connectivity index (χ1) is 9.73. The smallest absolute Gasteiger partial charge is 0.257 e. The van der Waals surface area contributed by atoms with Gasteiger partial charge in [-0.2, -0.15) is 20.1 Å². The van der Waals surface area contributed by atoms with Gasteiger partial charge in [-0.25, -0.2) is 10.5 Å². The number of aromatic nitrogens is 5. The van der Waals surface area contributed by atoms with E-state index in [1.54, 1.807) is 32.3 Å². The van der Waals surface area contributed by atoms with Crippen LogP contribution in [0.3, 0.4) is 0 Å². The molecule has 0 radical (unpaired) electrons. The van der Waals surface area contributed by atoms with Crippen molar-refractivity contribution >= 4 is 11.9 Å². The van der Waals surface area contributed by atoms with Gasteiger partial charge in [-0.15, -0.1) is 0 Å². The molecule has 0 unspecified atom stereocenters. The molecule has 0 aliphatic heterocycles. The van der Waals surface area contributed by atoms with Crippen molar-refractivity contribution in [1.82, 2.24) is 24.7 Å². The fraction of sp³-hybridized carbons (Fsp3) is 0.500. The van der Waals surface area contributed by atoms with Gasteiger partial charge in [-0.1, -0.05) is 0 Å². The summed E-state index contributed by atoms with van der Waals surface area (Å²) in [5, 5.41) is 17.3. The van der Waals surface area contributed by atoms with Gasteiger partial charge >= 0.3 is 0 Å². The summed E-state index contributed by atoms with van der Waals surface area (Å²) >= 11 is 0. The van der Waals surface area contributed by atoms with Crippen molar-refractivity contribution in [2.45, 2.75) is 38.8 Å². The maximum atomic E-state index is 10.2. The van der Waals surface area contributed by atoms with Gasteiger partial charge in [-0.05, 0) is 33.8 Å². The van der Waals surface area contributed by atoms with Crippen LogP contribution in [0.4, 0.5) is 11.9 Å². The summed E-state index contributed by atoms with van der Waals surface area (Å²) in [4.78, 5) is 12.5. The molecule has 0 aliphatic rings. The Hall–Kier alpha value is -2.26. The van der Waals surface area contributed by atoms with E-state index in [-0.39, 0.29) is 11.9 Å². The van der Waals surface area contributed by atoms with Crippen LogP contribution in [0.25, 0.3) is 5.95 Å². The Morgan fingerprint density at radius 3 is 2.33 bits per heavy atom. The minimum Gasteiger partial charge on any atom is -0.388 e. The monoisotopic (exact) mass is 292 g/mol. The number of hydrazine groups is 1. The molecule has 2 aromatic rings. The minimum atomic E-state index is -0.984. The van der Waals surface area contributed by atoms with Gasteiger partial charge in [0.2, 0.25) is 11.9 Å². The first-order valence-corrected chi connectivity index (χ1v) is 6.46. The quantitative estimate of drug-likeness (QED) is 0.458. The zero-order valence-electron chi connectivity index (χ0n) is 12.5. The predicted molar refractivity (Wildman–Crippen MR) is 78.8 cm³/mol. The Balaban J connectivity index is 2.38. The summed E-state index contributed by atoms with van der Waals surface area (Å²) in [5.74, 6) is 6.18. The SMILES string of the molecule is CC(C)(O)C(C)(C)Nc1nc(NN)nc(-n2cccn2)n1. The highest BCUT2D eigenvalue weighted by molar-refractivity contribution is 5.39. The number of nitrogen functional groups attached to an aromatic ring is 1. The number of rotatable bonds is 5. The number of hydrogen-bond donors (Lipinski definition) is 4. The van der Waals surface area contributed by atoms with Crippen molar-refractivity contribution in [3.8, 4) is 5.95 Å². The van der Waals surface area contributed by atoms with Crippen LogP contribution in [0.15, 0.2) is 18.5 Å². The van der Waals surface area contributed by atoms with Gasteiger partial charge in [-0.3, -0.25) is 5.43 Å². The molecule has 2 rings (SSSR count). The Morgan fingerprint density at radius 1 is 1.14 bits per heavy atom. The maximum absolute atomic E-state index is 10.2. The fourth-order valence-corrected chi connectivity index (χ4v) is 1.41. The van der Waals surface area contributed by atoms with E-state index < -0.39 is 11.1 Å². The van der Waals surface area contributed by atoms with Crippen LogP contribution in [0.2, 0.25) is 0 Å². The van der Waals surface area contributed by atoms with E-state index in [1.165, 1.54) is 4.68 Å². The summed E-state index contributed by atoms with van der Waals surface area (Å²) in [6, 6.07) is 1.76. The summed E-state index contributed by atoms with van der Waals surface area (Å²) in [6.45, 7) is 7.11. The van der Waals surface area contributed by atoms with Gasteiger partial charge in [0, 0.05) is 12.4 Å². The molecule has 0 saturated heterocycles. The van der Waals surface area contributed by atoms with Gasteiger partial charge in [0.05, 0.1) is 11.1 Å². The van der Waals surface area contributed by atoms with Crippen LogP contribution in [0, 0.1) is 0 Å². The third-order valence-corrected chi connectivity index (χ3v) is 3.42. The van der Waals surface area contributed by atoms with Crippen molar-refractivity contribution < 1.29 is 5.11 Å². The molecule has 21 heavy (non-hydrogen) atoms. The summed E-state index contributed by atoms with van der Waals surface area (Å²) in [7, 11) is 0. The highest BCUT2D eigenvalue weighted by Gasteiger charge is 2.35. The zero-order chi connectivity index (χ0) is 15.7. The Labute approximate surface area is 122 Å². The minimum absolute atomic E-state index is 0.199. The molecule has 2 heterocycles. The second-order valence-electron chi connectivity index (χ2n) is 5.69. The maximum Gasteiger partial charge on any atom is 0.257 e. The van der Waals surface area contributed by atoms with Crippen LogP contribution < -0.4 is 16.6 Å². The summed E-state index contributed by atoms with van der Waals surface area (Å²) in [6.07, 6.45) is 3.33. The van der Waals surface area contributed by atoms with Crippen LogP contribution >= 0.6 is 0 Å². The van der Waals surface area contributed by atoms with Crippen LogP contribution in [-0.2, 0) is 0 Å². The first-order valence-electron chi connectivity index (χ1n) is 6.46. The average molecular weight is 292 g/mol. The standard InChI is InChI=1S/C12H20N8O/c1-11(2,12(3,4)21)18-8-15-9(19-13)17-10(16-8)20-7-5-6-14-20/h5-7,21H,13H2,1-4H3,(H2,15,16,17,18,19). The lowest BCUT2D eigenvalue weighted by atomic mass is 9.86. The molecule has 0 aromatic carbocycles. The average Bonchev–Trinajstić information content (AvgIpc) is 2.90. The molecular weight excluding hydrogens is 272 g/mol. The largest absolute Gasteiger partial charge is 0.388 e. The molecule has 0 amide bonds. The summed E-state index contributed by atoms with van der Waals surface area (Å²) < 4.78 is 1.49. The lowest BCUT2D eigenvalue weighted by molar-refractivity contribution is 0.0237. The predicted octanol–water partition coefficient (Wildman–Crippen LogP) is 0.304. The number of nitrogens with two attached hydrogens (primary N) is 1. The van der Waals surface area contributed by atoms with Crippen molar-refractivity contribution in [3.63, 3.8) is 0 Å². The third-order valence-electron chi connectivity index (χ3n) is 3.42. The van der Waals surface area contributed by atoms with Crippen LogP contribution in [0.1, 0.15) is 27.7 Å². The van der Waals surface area contributed by atoms with Crippen LogP contribution in [-0.4, -0.2) is 41.0 Å².